The van der Waals surface area contributed by atoms with E-state index in [0.717, 1.165) is 0 Å². The molecule has 0 unspecified atom stereocenters. The fourth-order valence-corrected chi connectivity index (χ4v) is 2.15. The molecule has 3 N–H and O–H groups in total. The Labute approximate surface area is 110 Å². The van der Waals surface area contributed by atoms with Gasteiger partial charge in [0.2, 0.25) is 10.0 Å². The molecule has 0 aliphatic heterocycles. The van der Waals surface area contributed by atoms with Crippen LogP contribution in [0, 0.1) is 0 Å². The number of hydrogen-bond acceptors (Lipinski definition) is 4. The number of carbonyl (C=O) groups is 1. The summed E-state index contributed by atoms with van der Waals surface area (Å²) in [5, 5.41) is 7.75. The van der Waals surface area contributed by atoms with E-state index in [1.165, 1.54) is 18.2 Å². The number of carbonyl (C=O) groups excluding carboxylic acids is 1. The Morgan fingerprint density at radius 2 is 2.17 bits per heavy atom. The van der Waals surface area contributed by atoms with E-state index in [2.05, 4.69) is 5.32 Å². The minimum Gasteiger partial charge on any atom is -0.482 e. The van der Waals surface area contributed by atoms with E-state index < -0.39 is 10.0 Å². The van der Waals surface area contributed by atoms with Crippen molar-refractivity contribution in [2.24, 2.45) is 5.14 Å². The molecule has 8 heteroatoms. The second-order valence-corrected chi connectivity index (χ2v) is 5.34. The first-order valence-corrected chi connectivity index (χ1v) is 6.99. The van der Waals surface area contributed by atoms with Crippen molar-refractivity contribution in [3.8, 4) is 5.75 Å². The average molecular weight is 293 g/mol. The molecule has 0 heterocycles. The molecule has 0 saturated carbocycles. The number of likely N-dealkylation sites (N-methyl/N-ethyl adjacent to an activating group) is 1. The first-order valence-electron chi connectivity index (χ1n) is 5.06. The number of hydrogen-bond donors (Lipinski definition) is 2. The standard InChI is InChI=1S/C10H13ClN2O4S/c1-2-13-10(14)6-17-8-4-3-7(11)5-9(8)18(12,15)16/h3-5H,2,6H2,1H3,(H,13,14)(H2,12,15,16). The zero-order chi connectivity index (χ0) is 13.8. The quantitative estimate of drug-likeness (QED) is 0.825. The Morgan fingerprint density at radius 1 is 1.50 bits per heavy atom. The summed E-state index contributed by atoms with van der Waals surface area (Å²) in [4.78, 5) is 11.0. The lowest BCUT2D eigenvalue weighted by Gasteiger charge is -2.10. The van der Waals surface area contributed by atoms with Gasteiger partial charge in [-0.05, 0) is 25.1 Å². The monoisotopic (exact) mass is 292 g/mol. The average Bonchev–Trinajstić information content (AvgIpc) is 2.26. The van der Waals surface area contributed by atoms with Crippen LogP contribution in [-0.2, 0) is 14.8 Å². The summed E-state index contributed by atoms with van der Waals surface area (Å²) < 4.78 is 27.7. The van der Waals surface area contributed by atoms with Crippen molar-refractivity contribution in [3.05, 3.63) is 23.2 Å². The predicted octanol–water partition coefficient (Wildman–Crippen LogP) is 0.502. The summed E-state index contributed by atoms with van der Waals surface area (Å²) in [6, 6.07) is 3.97. The number of primary sulfonamides is 1. The molecule has 0 aliphatic rings. The number of nitrogens with one attached hydrogen (secondary N) is 1. The lowest BCUT2D eigenvalue weighted by Crippen LogP contribution is -2.28. The van der Waals surface area contributed by atoms with Crippen LogP contribution < -0.4 is 15.2 Å². The number of sulfonamides is 1. The van der Waals surface area contributed by atoms with Crippen LogP contribution in [0.25, 0.3) is 0 Å². The van der Waals surface area contributed by atoms with Gasteiger partial charge in [-0.3, -0.25) is 4.79 Å². The molecule has 0 fully saturated rings. The molecule has 100 valence electrons. The Kier molecular flexibility index (Phi) is 4.94. The lowest BCUT2D eigenvalue weighted by molar-refractivity contribution is -0.123. The van der Waals surface area contributed by atoms with Crippen molar-refractivity contribution in [3.63, 3.8) is 0 Å². The third-order valence-electron chi connectivity index (χ3n) is 1.94. The molecule has 0 bridgehead atoms. The maximum Gasteiger partial charge on any atom is 0.257 e. The predicted molar refractivity (Wildman–Crippen MR) is 67.0 cm³/mol. The van der Waals surface area contributed by atoms with Crippen LogP contribution in [0.3, 0.4) is 0 Å². The molecule has 1 aromatic rings. The fraction of sp³-hybridized carbons (Fsp3) is 0.300. The smallest absolute Gasteiger partial charge is 0.257 e. The van der Waals surface area contributed by atoms with Crippen molar-refractivity contribution in [1.29, 1.82) is 0 Å². The maximum absolute atomic E-state index is 11.3. The van der Waals surface area contributed by atoms with Gasteiger partial charge in [0.25, 0.3) is 5.91 Å². The largest absolute Gasteiger partial charge is 0.482 e. The van der Waals surface area contributed by atoms with Crippen LogP contribution in [-0.4, -0.2) is 27.5 Å². The van der Waals surface area contributed by atoms with Gasteiger partial charge >= 0.3 is 0 Å². The van der Waals surface area contributed by atoms with Gasteiger partial charge in [-0.2, -0.15) is 0 Å². The number of halogens is 1. The number of ether oxygens (including phenoxy) is 1. The Bertz CT molecular complexity index is 545. The second-order valence-electron chi connectivity index (χ2n) is 3.38. The summed E-state index contributed by atoms with van der Waals surface area (Å²) in [6.07, 6.45) is 0. The highest BCUT2D eigenvalue weighted by molar-refractivity contribution is 7.89. The van der Waals surface area contributed by atoms with E-state index in [9.17, 15) is 13.2 Å². The van der Waals surface area contributed by atoms with Gasteiger partial charge in [0.1, 0.15) is 10.6 Å². The first kappa shape index (κ1) is 14.7. The SMILES string of the molecule is CCNC(=O)COc1ccc(Cl)cc1S(N)(=O)=O. The third-order valence-corrected chi connectivity index (χ3v) is 3.11. The van der Waals surface area contributed by atoms with Gasteiger partial charge < -0.3 is 10.1 Å². The Hall–Kier alpha value is -1.31. The van der Waals surface area contributed by atoms with Gasteiger partial charge in [-0.25, -0.2) is 13.6 Å². The molecule has 0 spiro atoms. The van der Waals surface area contributed by atoms with Crippen molar-refractivity contribution >= 4 is 27.5 Å². The van der Waals surface area contributed by atoms with Crippen LogP contribution >= 0.6 is 11.6 Å². The maximum atomic E-state index is 11.3. The van der Waals surface area contributed by atoms with Crippen LogP contribution in [0.1, 0.15) is 6.92 Å². The van der Waals surface area contributed by atoms with Gasteiger partial charge in [0, 0.05) is 11.6 Å². The molecule has 18 heavy (non-hydrogen) atoms. The highest BCUT2D eigenvalue weighted by atomic mass is 35.5. The van der Waals surface area contributed by atoms with Crippen molar-refractivity contribution in [2.45, 2.75) is 11.8 Å². The van der Waals surface area contributed by atoms with Crippen molar-refractivity contribution in [2.75, 3.05) is 13.2 Å². The van der Waals surface area contributed by atoms with Crippen LogP contribution in [0.2, 0.25) is 5.02 Å². The van der Waals surface area contributed by atoms with E-state index in [1.807, 2.05) is 0 Å². The topological polar surface area (TPSA) is 98.5 Å². The summed E-state index contributed by atoms with van der Waals surface area (Å²) >= 11 is 5.68. The highest BCUT2D eigenvalue weighted by Crippen LogP contribution is 2.26. The number of amides is 1. The van der Waals surface area contributed by atoms with E-state index in [4.69, 9.17) is 21.5 Å². The van der Waals surface area contributed by atoms with Crippen LogP contribution in [0.4, 0.5) is 0 Å². The molecule has 0 radical (unpaired) electrons. The van der Waals surface area contributed by atoms with E-state index in [0.29, 0.717) is 6.54 Å². The van der Waals surface area contributed by atoms with Gasteiger partial charge in [-0.15, -0.1) is 0 Å². The molecule has 0 atom stereocenters. The molecule has 6 nitrogen and oxygen atoms in total. The molecular weight excluding hydrogens is 280 g/mol. The van der Waals surface area contributed by atoms with Gasteiger partial charge in [0.05, 0.1) is 0 Å². The number of nitrogens with two attached hydrogens (primary N) is 1. The number of benzene rings is 1. The van der Waals surface area contributed by atoms with Gasteiger partial charge in [0.15, 0.2) is 6.61 Å². The van der Waals surface area contributed by atoms with Crippen molar-refractivity contribution in [1.82, 2.24) is 5.32 Å². The minimum absolute atomic E-state index is 0.00634. The molecule has 1 amide bonds. The second kappa shape index (κ2) is 6.03. The first-order chi connectivity index (χ1) is 8.34. The molecule has 0 aliphatic carbocycles. The summed E-state index contributed by atoms with van der Waals surface area (Å²) in [5.74, 6) is -0.360. The third kappa shape index (κ3) is 4.17. The summed E-state index contributed by atoms with van der Waals surface area (Å²) in [5.41, 5.74) is 0. The molecular formula is C10H13ClN2O4S. The number of rotatable bonds is 5. The van der Waals surface area contributed by atoms with Crippen molar-refractivity contribution < 1.29 is 17.9 Å². The zero-order valence-corrected chi connectivity index (χ0v) is 11.2. The minimum atomic E-state index is -3.96. The Morgan fingerprint density at radius 3 is 2.72 bits per heavy atom. The summed E-state index contributed by atoms with van der Waals surface area (Å²) in [7, 11) is -3.96. The molecule has 0 saturated heterocycles. The molecule has 1 aromatic carbocycles. The van der Waals surface area contributed by atoms with E-state index >= 15 is 0 Å². The normalized spacial score (nSPS) is 11.1. The lowest BCUT2D eigenvalue weighted by atomic mass is 10.3. The highest BCUT2D eigenvalue weighted by Gasteiger charge is 2.16. The molecule has 0 aromatic heterocycles. The zero-order valence-electron chi connectivity index (χ0n) is 9.64. The summed E-state index contributed by atoms with van der Waals surface area (Å²) in [6.45, 7) is 1.93. The van der Waals surface area contributed by atoms with Crippen LogP contribution in [0.15, 0.2) is 23.1 Å². The van der Waals surface area contributed by atoms with Crippen LogP contribution in [0.5, 0.6) is 5.75 Å². The van der Waals surface area contributed by atoms with Gasteiger partial charge in [-0.1, -0.05) is 11.6 Å². The fourth-order valence-electron chi connectivity index (χ4n) is 1.21. The molecule has 1 rings (SSSR count). The Balaban J connectivity index is 2.93. The van der Waals surface area contributed by atoms with E-state index in [-0.39, 0.29) is 28.2 Å². The van der Waals surface area contributed by atoms with E-state index in [1.54, 1.807) is 6.92 Å².